The van der Waals surface area contributed by atoms with Gasteiger partial charge in [-0.05, 0) is 51.3 Å². The number of rotatable bonds is 7. The fourth-order valence-corrected chi connectivity index (χ4v) is 3.62. The summed E-state index contributed by atoms with van der Waals surface area (Å²) >= 11 is 0. The number of nitrogens with one attached hydrogen (secondary N) is 2. The van der Waals surface area contributed by atoms with Crippen LogP contribution in [-0.2, 0) is 17.8 Å². The molecule has 3 aromatic rings. The fraction of sp³-hybridized carbons (Fsp3) is 0.333. The molecular formula is C24H30N6O2. The first-order valence-electron chi connectivity index (χ1n) is 10.5. The Kier molecular flexibility index (Phi) is 6.62. The highest BCUT2D eigenvalue weighted by molar-refractivity contribution is 5.73. The predicted octanol–water partition coefficient (Wildman–Crippen LogP) is 2.90. The topological polar surface area (TPSA) is 115 Å². The van der Waals surface area contributed by atoms with E-state index < -0.39 is 5.54 Å². The van der Waals surface area contributed by atoms with Crippen LogP contribution in [-0.4, -0.2) is 26.0 Å². The van der Waals surface area contributed by atoms with Crippen molar-refractivity contribution in [3.05, 3.63) is 75.5 Å². The Hall–Kier alpha value is -3.68. The van der Waals surface area contributed by atoms with Gasteiger partial charge >= 0.3 is 0 Å². The number of benzene rings is 1. The molecule has 0 aliphatic heterocycles. The molecule has 8 nitrogen and oxygen atoms in total. The van der Waals surface area contributed by atoms with Crippen LogP contribution in [0.3, 0.4) is 0 Å². The molecule has 8 heteroatoms. The molecule has 0 bridgehead atoms. The Morgan fingerprint density at radius 1 is 1.19 bits per heavy atom. The van der Waals surface area contributed by atoms with Crippen LogP contribution in [0.25, 0.3) is 5.69 Å². The Balaban J connectivity index is 1.99. The Morgan fingerprint density at radius 2 is 1.88 bits per heavy atom. The largest absolute Gasteiger partial charge is 0.382 e. The van der Waals surface area contributed by atoms with Crippen molar-refractivity contribution in [2.24, 2.45) is 0 Å². The molecule has 0 atom stereocenters. The normalized spacial score (nSPS) is 11.3. The van der Waals surface area contributed by atoms with Crippen molar-refractivity contribution in [2.75, 3.05) is 11.1 Å². The Morgan fingerprint density at radius 3 is 2.53 bits per heavy atom. The number of carbonyl (C=O) groups is 1. The van der Waals surface area contributed by atoms with E-state index >= 15 is 0 Å². The number of nitrogen functional groups attached to an aromatic ring is 1. The van der Waals surface area contributed by atoms with Gasteiger partial charge in [0.15, 0.2) is 5.82 Å². The third kappa shape index (κ3) is 5.32. The smallest absolute Gasteiger partial charge is 0.298 e. The zero-order valence-corrected chi connectivity index (χ0v) is 19.2. The summed E-state index contributed by atoms with van der Waals surface area (Å²) < 4.78 is 1.51. The van der Waals surface area contributed by atoms with Gasteiger partial charge < -0.3 is 16.4 Å². The average Bonchev–Trinajstić information content (AvgIpc) is 2.71. The molecule has 2 heterocycles. The summed E-state index contributed by atoms with van der Waals surface area (Å²) in [6, 6.07) is 11.9. The van der Waals surface area contributed by atoms with E-state index in [-0.39, 0.29) is 23.1 Å². The number of anilines is 2. The van der Waals surface area contributed by atoms with Gasteiger partial charge in [0.1, 0.15) is 5.82 Å². The van der Waals surface area contributed by atoms with Crippen LogP contribution in [0.1, 0.15) is 43.3 Å². The number of aryl methyl sites for hydroxylation is 2. The lowest BCUT2D eigenvalue weighted by molar-refractivity contribution is -0.119. The van der Waals surface area contributed by atoms with Crippen molar-refractivity contribution in [2.45, 2.75) is 53.1 Å². The van der Waals surface area contributed by atoms with Gasteiger partial charge in [0.05, 0.1) is 5.69 Å². The van der Waals surface area contributed by atoms with Gasteiger partial charge in [0.2, 0.25) is 5.91 Å². The second-order valence-corrected chi connectivity index (χ2v) is 8.61. The summed E-state index contributed by atoms with van der Waals surface area (Å²) in [7, 11) is 0. The van der Waals surface area contributed by atoms with Gasteiger partial charge in [-0.15, -0.1) is 0 Å². The number of nitrogens with two attached hydrogens (primary N) is 1. The van der Waals surface area contributed by atoms with Crippen molar-refractivity contribution in [1.29, 1.82) is 0 Å². The summed E-state index contributed by atoms with van der Waals surface area (Å²) in [6.45, 7) is 9.42. The zero-order chi connectivity index (χ0) is 23.5. The molecule has 0 unspecified atom stereocenters. The minimum atomic E-state index is -0.408. The number of nitrogens with zero attached hydrogens (tertiary/aromatic N) is 3. The molecule has 1 aromatic carbocycles. The van der Waals surface area contributed by atoms with E-state index in [9.17, 15) is 9.59 Å². The second-order valence-electron chi connectivity index (χ2n) is 8.61. The second kappa shape index (κ2) is 9.21. The number of amides is 1. The van der Waals surface area contributed by atoms with E-state index in [4.69, 9.17) is 5.73 Å². The Bertz CT molecular complexity index is 1190. The van der Waals surface area contributed by atoms with Crippen LogP contribution in [0.4, 0.5) is 11.6 Å². The molecule has 0 spiro atoms. The monoisotopic (exact) mass is 434 g/mol. The molecule has 0 radical (unpaired) electrons. The van der Waals surface area contributed by atoms with E-state index in [0.717, 1.165) is 17.5 Å². The van der Waals surface area contributed by atoms with Gasteiger partial charge in [0, 0.05) is 36.6 Å². The molecule has 1 amide bonds. The summed E-state index contributed by atoms with van der Waals surface area (Å²) in [5.74, 6) is 0.326. The van der Waals surface area contributed by atoms with E-state index in [2.05, 4.69) is 32.7 Å². The highest BCUT2D eigenvalue weighted by Crippen LogP contribution is 2.21. The van der Waals surface area contributed by atoms with Crippen LogP contribution < -0.4 is 21.9 Å². The number of aromatic nitrogens is 3. The van der Waals surface area contributed by atoms with Crippen molar-refractivity contribution in [3.8, 4) is 5.69 Å². The molecule has 4 N–H and O–H groups in total. The standard InChI is InChI=1S/C24H30N6O2/c1-15-13-27-22(29-24(4,5)12-18-9-7-6-8-10-18)23(32)30(15)20-11-19(14-26-17(3)31)16(2)28-21(20)25/h6-11,13H,12,14H2,1-5H3,(H2,25,28)(H,26,31)(H,27,29). The number of hydrogen-bond donors (Lipinski definition) is 3. The van der Waals surface area contributed by atoms with Crippen molar-refractivity contribution >= 4 is 17.5 Å². The molecule has 3 rings (SSSR count). The van der Waals surface area contributed by atoms with Crippen LogP contribution in [0.15, 0.2) is 47.4 Å². The third-order valence-corrected chi connectivity index (χ3v) is 5.18. The molecule has 0 saturated heterocycles. The number of pyridine rings is 1. The predicted molar refractivity (Wildman–Crippen MR) is 127 cm³/mol. The lowest BCUT2D eigenvalue weighted by atomic mass is 9.95. The van der Waals surface area contributed by atoms with Gasteiger partial charge in [0.25, 0.3) is 5.56 Å². The van der Waals surface area contributed by atoms with Crippen molar-refractivity contribution in [1.82, 2.24) is 19.9 Å². The molecular weight excluding hydrogens is 404 g/mol. The van der Waals surface area contributed by atoms with Gasteiger partial charge in [-0.2, -0.15) is 0 Å². The summed E-state index contributed by atoms with van der Waals surface area (Å²) in [4.78, 5) is 33.5. The third-order valence-electron chi connectivity index (χ3n) is 5.18. The number of hydrogen-bond acceptors (Lipinski definition) is 6. The highest BCUT2D eigenvalue weighted by Gasteiger charge is 2.22. The van der Waals surface area contributed by atoms with E-state index in [1.165, 1.54) is 11.5 Å². The van der Waals surface area contributed by atoms with Crippen molar-refractivity contribution in [3.63, 3.8) is 0 Å². The summed E-state index contributed by atoms with van der Waals surface area (Å²) in [5, 5.41) is 6.06. The van der Waals surface area contributed by atoms with Crippen LogP contribution in [0.5, 0.6) is 0 Å². The fourth-order valence-electron chi connectivity index (χ4n) is 3.62. The molecule has 168 valence electrons. The summed E-state index contributed by atoms with van der Waals surface area (Å²) in [6.07, 6.45) is 2.35. The first kappa shape index (κ1) is 23.0. The first-order valence-corrected chi connectivity index (χ1v) is 10.5. The molecule has 0 saturated carbocycles. The lowest BCUT2D eigenvalue weighted by Crippen LogP contribution is -2.38. The molecule has 0 aliphatic rings. The Labute approximate surface area is 187 Å². The van der Waals surface area contributed by atoms with Gasteiger partial charge in [-0.25, -0.2) is 9.97 Å². The van der Waals surface area contributed by atoms with Gasteiger partial charge in [-0.1, -0.05) is 30.3 Å². The molecule has 32 heavy (non-hydrogen) atoms. The molecule has 0 aliphatic carbocycles. The average molecular weight is 435 g/mol. The van der Waals surface area contributed by atoms with Gasteiger partial charge in [-0.3, -0.25) is 14.2 Å². The van der Waals surface area contributed by atoms with Crippen LogP contribution in [0, 0.1) is 13.8 Å². The zero-order valence-electron chi connectivity index (χ0n) is 19.2. The maximum atomic E-state index is 13.4. The highest BCUT2D eigenvalue weighted by atomic mass is 16.1. The SMILES string of the molecule is CC(=O)NCc1cc(-n2c(C)cnc(NC(C)(C)Cc3ccccc3)c2=O)c(N)nc1C. The molecule has 2 aromatic heterocycles. The lowest BCUT2D eigenvalue weighted by Gasteiger charge is -2.27. The number of carbonyl (C=O) groups excluding carboxylic acids is 1. The van der Waals surface area contributed by atoms with E-state index in [1.54, 1.807) is 19.2 Å². The minimum Gasteiger partial charge on any atom is -0.382 e. The maximum Gasteiger partial charge on any atom is 0.298 e. The minimum absolute atomic E-state index is 0.146. The van der Waals surface area contributed by atoms with Crippen LogP contribution >= 0.6 is 0 Å². The first-order chi connectivity index (χ1) is 15.1. The molecule has 0 fully saturated rings. The maximum absolute atomic E-state index is 13.4. The van der Waals surface area contributed by atoms with Crippen LogP contribution in [0.2, 0.25) is 0 Å². The summed E-state index contributed by atoms with van der Waals surface area (Å²) in [5.41, 5.74) is 9.21. The van der Waals surface area contributed by atoms with E-state index in [1.807, 2.05) is 39.0 Å². The van der Waals surface area contributed by atoms with Crippen molar-refractivity contribution < 1.29 is 4.79 Å². The quantitative estimate of drug-likeness (QED) is 0.527. The van der Waals surface area contributed by atoms with E-state index in [0.29, 0.717) is 23.6 Å².